The summed E-state index contributed by atoms with van der Waals surface area (Å²) in [7, 11) is -4.54. The average Bonchev–Trinajstić information content (AvgIpc) is 2.17. The SMILES string of the molecule is O=S(=O)([O-])OCCCOC1CCCCC1.[Na+]. The first kappa shape index (κ1) is 16.8. The summed E-state index contributed by atoms with van der Waals surface area (Å²) in [6.45, 7) is 0.374. The Kier molecular flexibility index (Phi) is 9.31. The molecule has 0 amide bonds. The van der Waals surface area contributed by atoms with Crippen molar-refractivity contribution in [3.8, 4) is 0 Å². The van der Waals surface area contributed by atoms with Gasteiger partial charge in [0, 0.05) is 6.61 Å². The third-order valence-corrected chi connectivity index (χ3v) is 2.88. The van der Waals surface area contributed by atoms with E-state index in [0.717, 1.165) is 12.8 Å². The summed E-state index contributed by atoms with van der Waals surface area (Å²) in [5.74, 6) is 0. The molecule has 0 aromatic rings. The van der Waals surface area contributed by atoms with Crippen LogP contribution in [0, 0.1) is 0 Å². The molecule has 0 aromatic heterocycles. The second-order valence-corrected chi connectivity index (χ2v) is 4.77. The van der Waals surface area contributed by atoms with E-state index in [1.807, 2.05) is 0 Å². The van der Waals surface area contributed by atoms with Crippen molar-refractivity contribution in [1.82, 2.24) is 0 Å². The molecule has 0 heterocycles. The van der Waals surface area contributed by atoms with Crippen LogP contribution in [0.5, 0.6) is 0 Å². The van der Waals surface area contributed by atoms with Gasteiger partial charge in [-0.3, -0.25) is 4.18 Å². The maximum absolute atomic E-state index is 10.1. The van der Waals surface area contributed by atoms with E-state index in [-0.39, 0.29) is 36.2 Å². The minimum atomic E-state index is -4.54. The van der Waals surface area contributed by atoms with Crippen LogP contribution in [-0.4, -0.2) is 32.3 Å². The van der Waals surface area contributed by atoms with Crippen molar-refractivity contribution in [1.29, 1.82) is 0 Å². The summed E-state index contributed by atoms with van der Waals surface area (Å²) in [6.07, 6.45) is 6.60. The van der Waals surface area contributed by atoms with Crippen LogP contribution >= 0.6 is 0 Å². The van der Waals surface area contributed by atoms with Crippen LogP contribution < -0.4 is 29.6 Å². The summed E-state index contributed by atoms with van der Waals surface area (Å²) in [6, 6.07) is 0. The van der Waals surface area contributed by atoms with Gasteiger partial charge in [-0.25, -0.2) is 8.42 Å². The molecule has 0 spiro atoms. The standard InChI is InChI=1S/C9H18O5S.Na/c10-15(11,12)14-8-4-7-13-9-5-2-1-3-6-9;/h9H,1-8H2,(H,10,11,12);/q;+1/p-1. The van der Waals surface area contributed by atoms with Gasteiger partial charge in [0.2, 0.25) is 10.4 Å². The maximum Gasteiger partial charge on any atom is 1.00 e. The van der Waals surface area contributed by atoms with Gasteiger partial charge >= 0.3 is 29.6 Å². The molecule has 0 atom stereocenters. The molecule has 1 aliphatic rings. The predicted molar refractivity (Wildman–Crippen MR) is 53.1 cm³/mol. The number of hydrogen-bond acceptors (Lipinski definition) is 5. The minimum absolute atomic E-state index is 0. The van der Waals surface area contributed by atoms with E-state index < -0.39 is 10.4 Å². The van der Waals surface area contributed by atoms with Crippen molar-refractivity contribution in [2.45, 2.75) is 44.6 Å². The van der Waals surface area contributed by atoms with E-state index in [2.05, 4.69) is 4.18 Å². The molecule has 0 radical (unpaired) electrons. The van der Waals surface area contributed by atoms with E-state index >= 15 is 0 Å². The van der Waals surface area contributed by atoms with Gasteiger partial charge in [-0.1, -0.05) is 19.3 Å². The van der Waals surface area contributed by atoms with Gasteiger partial charge in [0.15, 0.2) is 0 Å². The Bertz CT molecular complexity index is 261. The molecule has 1 rings (SSSR count). The summed E-state index contributed by atoms with van der Waals surface area (Å²) < 4.78 is 39.8. The average molecular weight is 260 g/mol. The van der Waals surface area contributed by atoms with Crippen LogP contribution in [-0.2, 0) is 19.3 Å². The monoisotopic (exact) mass is 260 g/mol. The Morgan fingerprint density at radius 2 is 1.75 bits per heavy atom. The predicted octanol–water partition coefficient (Wildman–Crippen LogP) is -1.79. The Hall–Kier alpha value is 0.830. The molecular formula is C9H17NaO5S. The van der Waals surface area contributed by atoms with Crippen molar-refractivity contribution < 1.29 is 51.4 Å². The molecule has 0 bridgehead atoms. The molecule has 0 unspecified atom stereocenters. The zero-order valence-electron chi connectivity index (χ0n) is 9.68. The van der Waals surface area contributed by atoms with Crippen molar-refractivity contribution in [2.24, 2.45) is 0 Å². The van der Waals surface area contributed by atoms with Crippen molar-refractivity contribution in [3.05, 3.63) is 0 Å². The quantitative estimate of drug-likeness (QED) is 0.244. The fraction of sp³-hybridized carbons (Fsp3) is 1.00. The molecule has 90 valence electrons. The van der Waals surface area contributed by atoms with Crippen molar-refractivity contribution in [2.75, 3.05) is 13.2 Å². The molecule has 0 saturated heterocycles. The first-order chi connectivity index (χ1) is 7.08. The molecule has 0 N–H and O–H groups in total. The second-order valence-electron chi connectivity index (χ2n) is 3.71. The summed E-state index contributed by atoms with van der Waals surface area (Å²) >= 11 is 0. The van der Waals surface area contributed by atoms with Crippen molar-refractivity contribution in [3.63, 3.8) is 0 Å². The largest absolute Gasteiger partial charge is 1.00 e. The van der Waals surface area contributed by atoms with Gasteiger partial charge in [-0.2, -0.15) is 0 Å². The second kappa shape index (κ2) is 8.85. The Morgan fingerprint density at radius 3 is 2.31 bits per heavy atom. The molecule has 5 nitrogen and oxygen atoms in total. The van der Waals surface area contributed by atoms with Gasteiger partial charge in [-0.05, 0) is 19.3 Å². The number of ether oxygens (including phenoxy) is 1. The van der Waals surface area contributed by atoms with Crippen LogP contribution in [0.4, 0.5) is 0 Å². The number of rotatable bonds is 6. The molecule has 1 saturated carbocycles. The zero-order valence-corrected chi connectivity index (χ0v) is 12.5. The van der Waals surface area contributed by atoms with Gasteiger partial charge in [0.1, 0.15) is 0 Å². The molecule has 7 heteroatoms. The molecule has 16 heavy (non-hydrogen) atoms. The van der Waals surface area contributed by atoms with E-state index in [4.69, 9.17) is 4.74 Å². The zero-order chi connectivity index (χ0) is 11.1. The van der Waals surface area contributed by atoms with E-state index in [1.165, 1.54) is 19.3 Å². The summed E-state index contributed by atoms with van der Waals surface area (Å²) in [5, 5.41) is 0. The van der Waals surface area contributed by atoms with Gasteiger partial charge in [0.05, 0.1) is 12.7 Å². The molecular weight excluding hydrogens is 243 g/mol. The first-order valence-corrected chi connectivity index (χ1v) is 6.63. The van der Waals surface area contributed by atoms with Crippen LogP contribution in [0.2, 0.25) is 0 Å². The van der Waals surface area contributed by atoms with Gasteiger partial charge in [-0.15, -0.1) is 0 Å². The fourth-order valence-electron chi connectivity index (χ4n) is 1.70. The number of hydrogen-bond donors (Lipinski definition) is 0. The summed E-state index contributed by atoms with van der Waals surface area (Å²) in [5.41, 5.74) is 0. The van der Waals surface area contributed by atoms with Gasteiger partial charge < -0.3 is 9.29 Å². The van der Waals surface area contributed by atoms with E-state index in [1.54, 1.807) is 0 Å². The van der Waals surface area contributed by atoms with E-state index in [0.29, 0.717) is 19.1 Å². The summed E-state index contributed by atoms with van der Waals surface area (Å²) in [4.78, 5) is 0. The van der Waals surface area contributed by atoms with Crippen molar-refractivity contribution >= 4 is 10.4 Å². The molecule has 0 aliphatic heterocycles. The third-order valence-electron chi connectivity index (χ3n) is 2.42. The van der Waals surface area contributed by atoms with E-state index in [9.17, 15) is 13.0 Å². The van der Waals surface area contributed by atoms with Crippen LogP contribution in [0.3, 0.4) is 0 Å². The first-order valence-electron chi connectivity index (χ1n) is 5.30. The normalized spacial score (nSPS) is 18.1. The molecule has 1 aliphatic carbocycles. The van der Waals surface area contributed by atoms with Crippen LogP contribution in [0.15, 0.2) is 0 Å². The van der Waals surface area contributed by atoms with Crippen LogP contribution in [0.1, 0.15) is 38.5 Å². The van der Waals surface area contributed by atoms with Gasteiger partial charge in [0.25, 0.3) is 0 Å². The smallest absolute Gasteiger partial charge is 0.726 e. The third kappa shape index (κ3) is 8.92. The topological polar surface area (TPSA) is 75.7 Å². The fourth-order valence-corrected chi connectivity index (χ4v) is 2.02. The maximum atomic E-state index is 10.1. The molecule has 1 fully saturated rings. The minimum Gasteiger partial charge on any atom is -0.726 e. The molecule has 0 aromatic carbocycles. The Labute approximate surface area is 119 Å². The Balaban J connectivity index is 0.00000225. The Morgan fingerprint density at radius 1 is 1.12 bits per heavy atom. The van der Waals surface area contributed by atoms with Crippen LogP contribution in [0.25, 0.3) is 0 Å².